The summed E-state index contributed by atoms with van der Waals surface area (Å²) in [6.07, 6.45) is 0.798. The Hall–Kier alpha value is -2.76. The standard InChI is InChI=1S/C23H31N3O3/c1-17-5-10-20(29-17)21(27)25-13-15-26(16-14-25)22(28)24-12-11-18-6-8-19(9-7-18)23(2,3)4/h5-10H,11-16H2,1-4H3,(H,24,28). The molecule has 0 radical (unpaired) electrons. The second-order valence-electron chi connectivity index (χ2n) is 8.62. The van der Waals surface area contributed by atoms with Crippen LogP contribution in [0.4, 0.5) is 4.79 Å². The first-order valence-corrected chi connectivity index (χ1v) is 10.2. The van der Waals surface area contributed by atoms with Crippen molar-refractivity contribution in [3.63, 3.8) is 0 Å². The maximum atomic E-state index is 12.4. The Bertz CT molecular complexity index is 841. The zero-order valence-corrected chi connectivity index (χ0v) is 17.8. The van der Waals surface area contributed by atoms with E-state index in [2.05, 4.69) is 50.4 Å². The molecule has 1 aromatic carbocycles. The molecule has 0 unspecified atom stereocenters. The number of nitrogens with zero attached hydrogens (tertiary/aromatic N) is 2. The van der Waals surface area contributed by atoms with E-state index >= 15 is 0 Å². The Morgan fingerprint density at radius 1 is 0.966 bits per heavy atom. The first kappa shape index (κ1) is 21.0. The molecule has 1 N–H and O–H groups in total. The van der Waals surface area contributed by atoms with E-state index in [1.807, 2.05) is 6.92 Å². The van der Waals surface area contributed by atoms with Crippen molar-refractivity contribution in [2.45, 2.75) is 39.5 Å². The van der Waals surface area contributed by atoms with E-state index in [0.29, 0.717) is 38.5 Å². The molecule has 0 spiro atoms. The van der Waals surface area contributed by atoms with E-state index in [0.717, 1.165) is 12.2 Å². The molecule has 0 bridgehead atoms. The first-order valence-electron chi connectivity index (χ1n) is 10.2. The van der Waals surface area contributed by atoms with Crippen molar-refractivity contribution in [2.75, 3.05) is 32.7 Å². The molecule has 1 aliphatic heterocycles. The topological polar surface area (TPSA) is 65.8 Å². The highest BCUT2D eigenvalue weighted by atomic mass is 16.3. The molecule has 156 valence electrons. The number of carbonyl (C=O) groups excluding carboxylic acids is 2. The van der Waals surface area contributed by atoms with Crippen LogP contribution in [0, 0.1) is 6.92 Å². The van der Waals surface area contributed by atoms with Crippen molar-refractivity contribution >= 4 is 11.9 Å². The molecule has 2 aromatic rings. The van der Waals surface area contributed by atoms with Gasteiger partial charge in [-0.1, -0.05) is 45.0 Å². The SMILES string of the molecule is Cc1ccc(C(=O)N2CCN(C(=O)NCCc3ccc(C(C)(C)C)cc3)CC2)o1. The van der Waals surface area contributed by atoms with Crippen molar-refractivity contribution in [3.05, 3.63) is 59.0 Å². The summed E-state index contributed by atoms with van der Waals surface area (Å²) in [5.74, 6) is 0.967. The van der Waals surface area contributed by atoms with Gasteiger partial charge in [0.1, 0.15) is 5.76 Å². The first-order chi connectivity index (χ1) is 13.7. The van der Waals surface area contributed by atoms with E-state index in [4.69, 9.17) is 4.42 Å². The molecule has 3 rings (SSSR count). The Morgan fingerprint density at radius 2 is 1.59 bits per heavy atom. The minimum atomic E-state index is -0.114. The molecular formula is C23H31N3O3. The molecule has 6 heteroatoms. The zero-order valence-electron chi connectivity index (χ0n) is 17.8. The lowest BCUT2D eigenvalue weighted by Gasteiger charge is -2.34. The summed E-state index contributed by atoms with van der Waals surface area (Å²) in [7, 11) is 0. The van der Waals surface area contributed by atoms with Gasteiger partial charge in [-0.25, -0.2) is 4.79 Å². The average Bonchev–Trinajstić information content (AvgIpc) is 3.13. The zero-order chi connectivity index (χ0) is 21.0. The number of urea groups is 1. The number of furan rings is 1. The number of aryl methyl sites for hydroxylation is 1. The summed E-state index contributed by atoms with van der Waals surface area (Å²) in [5, 5.41) is 2.99. The number of amides is 3. The summed E-state index contributed by atoms with van der Waals surface area (Å²) in [5.41, 5.74) is 2.66. The third kappa shape index (κ3) is 5.40. The number of piperazine rings is 1. The predicted molar refractivity (Wildman–Crippen MR) is 113 cm³/mol. The minimum absolute atomic E-state index is 0.0720. The van der Waals surface area contributed by atoms with Crippen molar-refractivity contribution in [1.82, 2.24) is 15.1 Å². The molecule has 0 atom stereocenters. The Balaban J connectivity index is 1.41. The number of benzene rings is 1. The van der Waals surface area contributed by atoms with Gasteiger partial charge in [-0.05, 0) is 42.0 Å². The van der Waals surface area contributed by atoms with Crippen LogP contribution in [0.3, 0.4) is 0 Å². The highest BCUT2D eigenvalue weighted by molar-refractivity contribution is 5.91. The highest BCUT2D eigenvalue weighted by Gasteiger charge is 2.26. The number of hydrogen-bond acceptors (Lipinski definition) is 3. The van der Waals surface area contributed by atoms with Crippen LogP contribution >= 0.6 is 0 Å². The smallest absolute Gasteiger partial charge is 0.317 e. The maximum Gasteiger partial charge on any atom is 0.317 e. The second kappa shape index (κ2) is 8.72. The molecule has 6 nitrogen and oxygen atoms in total. The van der Waals surface area contributed by atoms with Crippen LogP contribution < -0.4 is 5.32 Å². The van der Waals surface area contributed by atoms with Gasteiger partial charge in [-0.3, -0.25) is 4.79 Å². The Morgan fingerprint density at radius 3 is 2.14 bits per heavy atom. The van der Waals surface area contributed by atoms with Gasteiger partial charge in [0, 0.05) is 32.7 Å². The van der Waals surface area contributed by atoms with E-state index in [9.17, 15) is 9.59 Å². The van der Waals surface area contributed by atoms with Gasteiger partial charge in [0.2, 0.25) is 0 Å². The molecule has 1 aromatic heterocycles. The molecular weight excluding hydrogens is 366 g/mol. The van der Waals surface area contributed by atoms with Gasteiger partial charge in [-0.2, -0.15) is 0 Å². The third-order valence-corrected chi connectivity index (χ3v) is 5.32. The van der Waals surface area contributed by atoms with E-state index in [-0.39, 0.29) is 17.4 Å². The molecule has 0 aliphatic carbocycles. The fourth-order valence-corrected chi connectivity index (χ4v) is 3.41. The van der Waals surface area contributed by atoms with Crippen LogP contribution in [0.15, 0.2) is 40.8 Å². The molecule has 1 saturated heterocycles. The summed E-state index contributed by atoms with van der Waals surface area (Å²) in [4.78, 5) is 28.3. The Labute approximate surface area is 172 Å². The lowest BCUT2D eigenvalue weighted by atomic mass is 9.86. The van der Waals surface area contributed by atoms with Gasteiger partial charge in [-0.15, -0.1) is 0 Å². The lowest BCUT2D eigenvalue weighted by molar-refractivity contribution is 0.0633. The number of rotatable bonds is 4. The van der Waals surface area contributed by atoms with Crippen LogP contribution in [-0.2, 0) is 11.8 Å². The van der Waals surface area contributed by atoms with Gasteiger partial charge in [0.15, 0.2) is 5.76 Å². The molecule has 3 amide bonds. The van der Waals surface area contributed by atoms with Crippen LogP contribution in [0.5, 0.6) is 0 Å². The molecule has 29 heavy (non-hydrogen) atoms. The van der Waals surface area contributed by atoms with Crippen LogP contribution in [0.2, 0.25) is 0 Å². The Kier molecular flexibility index (Phi) is 6.30. The van der Waals surface area contributed by atoms with Gasteiger partial charge < -0.3 is 19.5 Å². The van der Waals surface area contributed by atoms with Crippen molar-refractivity contribution < 1.29 is 14.0 Å². The second-order valence-corrected chi connectivity index (χ2v) is 8.62. The van der Waals surface area contributed by atoms with Crippen LogP contribution in [-0.4, -0.2) is 54.5 Å². The minimum Gasteiger partial charge on any atom is -0.456 e. The number of nitrogens with one attached hydrogen (secondary N) is 1. The van der Waals surface area contributed by atoms with Crippen LogP contribution in [0.25, 0.3) is 0 Å². The maximum absolute atomic E-state index is 12.4. The lowest BCUT2D eigenvalue weighted by Crippen LogP contribution is -2.53. The average molecular weight is 398 g/mol. The quantitative estimate of drug-likeness (QED) is 0.857. The van der Waals surface area contributed by atoms with Crippen LogP contribution in [0.1, 0.15) is 48.2 Å². The molecule has 1 fully saturated rings. The number of carbonyl (C=O) groups is 2. The largest absolute Gasteiger partial charge is 0.456 e. The van der Waals surface area contributed by atoms with E-state index in [1.165, 1.54) is 11.1 Å². The monoisotopic (exact) mass is 397 g/mol. The summed E-state index contributed by atoms with van der Waals surface area (Å²) in [6, 6.07) is 12.0. The van der Waals surface area contributed by atoms with Gasteiger partial charge in [0.25, 0.3) is 5.91 Å². The van der Waals surface area contributed by atoms with E-state index in [1.54, 1.807) is 21.9 Å². The third-order valence-electron chi connectivity index (χ3n) is 5.32. The van der Waals surface area contributed by atoms with E-state index < -0.39 is 0 Å². The number of hydrogen-bond donors (Lipinski definition) is 1. The normalized spacial score (nSPS) is 14.8. The predicted octanol–water partition coefficient (Wildman–Crippen LogP) is 3.60. The fourth-order valence-electron chi connectivity index (χ4n) is 3.41. The molecule has 0 saturated carbocycles. The van der Waals surface area contributed by atoms with Crippen molar-refractivity contribution in [2.24, 2.45) is 0 Å². The highest BCUT2D eigenvalue weighted by Crippen LogP contribution is 2.22. The fraction of sp³-hybridized carbons (Fsp3) is 0.478. The molecule has 2 heterocycles. The van der Waals surface area contributed by atoms with Gasteiger partial charge in [0.05, 0.1) is 0 Å². The summed E-state index contributed by atoms with van der Waals surface area (Å²) >= 11 is 0. The summed E-state index contributed by atoms with van der Waals surface area (Å²) < 4.78 is 5.41. The molecule has 1 aliphatic rings. The summed E-state index contributed by atoms with van der Waals surface area (Å²) in [6.45, 7) is 11.1. The van der Waals surface area contributed by atoms with Crippen molar-refractivity contribution in [3.8, 4) is 0 Å². The van der Waals surface area contributed by atoms with Gasteiger partial charge >= 0.3 is 6.03 Å². The van der Waals surface area contributed by atoms with Crippen molar-refractivity contribution in [1.29, 1.82) is 0 Å².